The third kappa shape index (κ3) is 5.73. The lowest BCUT2D eigenvalue weighted by Gasteiger charge is -2.42. The third-order valence-corrected chi connectivity index (χ3v) is 4.99. The van der Waals surface area contributed by atoms with E-state index in [1.165, 1.54) is 57.8 Å². The molecule has 1 rings (SSSR count). The number of rotatable bonds is 10. The number of hydrogen-bond acceptors (Lipinski definition) is 2. The van der Waals surface area contributed by atoms with Gasteiger partial charge in [0.25, 0.3) is 0 Å². The summed E-state index contributed by atoms with van der Waals surface area (Å²) in [6, 6.07) is 0.532. The normalized spacial score (nSPS) is 26.4. The molecule has 1 saturated heterocycles. The Balaban J connectivity index is 2.61. The quantitative estimate of drug-likeness (QED) is 0.614. The molecule has 20 heavy (non-hydrogen) atoms. The lowest BCUT2D eigenvalue weighted by atomic mass is 9.81. The maximum atomic E-state index is 6.21. The number of hydrogen-bond donors (Lipinski definition) is 1. The van der Waals surface area contributed by atoms with Crippen LogP contribution in [0.1, 0.15) is 85.5 Å². The average molecular weight is 283 g/mol. The second-order valence-electron chi connectivity index (χ2n) is 6.78. The van der Waals surface area contributed by atoms with Gasteiger partial charge in [0.1, 0.15) is 0 Å². The van der Waals surface area contributed by atoms with Crippen LogP contribution in [0.2, 0.25) is 0 Å². The van der Waals surface area contributed by atoms with Gasteiger partial charge in [0.15, 0.2) is 0 Å². The molecule has 2 nitrogen and oxygen atoms in total. The Morgan fingerprint density at radius 2 is 1.95 bits per heavy atom. The lowest BCUT2D eigenvalue weighted by molar-refractivity contribution is -0.0929. The molecule has 0 aromatic carbocycles. The molecular weight excluding hydrogens is 246 g/mol. The summed E-state index contributed by atoms with van der Waals surface area (Å²) in [6.07, 6.45) is 11.7. The summed E-state index contributed by atoms with van der Waals surface area (Å²) in [5.41, 5.74) is 0.0626. The SMILES string of the molecule is CCCCC(CC)CC(NCCC)C1(C)CCCCO1. The van der Waals surface area contributed by atoms with Crippen LogP contribution >= 0.6 is 0 Å². The zero-order chi connectivity index (χ0) is 14.8. The van der Waals surface area contributed by atoms with Crippen molar-refractivity contribution in [2.75, 3.05) is 13.2 Å². The van der Waals surface area contributed by atoms with Gasteiger partial charge in [-0.1, -0.05) is 46.5 Å². The summed E-state index contributed by atoms with van der Waals surface area (Å²) in [7, 11) is 0. The van der Waals surface area contributed by atoms with E-state index in [9.17, 15) is 0 Å². The van der Waals surface area contributed by atoms with Crippen LogP contribution in [-0.4, -0.2) is 24.8 Å². The first kappa shape index (κ1) is 18.0. The smallest absolute Gasteiger partial charge is 0.0806 e. The Labute approximate surface area is 127 Å². The van der Waals surface area contributed by atoms with Crippen molar-refractivity contribution >= 4 is 0 Å². The van der Waals surface area contributed by atoms with Gasteiger partial charge >= 0.3 is 0 Å². The minimum Gasteiger partial charge on any atom is -0.374 e. The summed E-state index contributed by atoms with van der Waals surface area (Å²) in [5.74, 6) is 0.853. The van der Waals surface area contributed by atoms with E-state index in [0.717, 1.165) is 19.1 Å². The molecule has 0 aromatic rings. The van der Waals surface area contributed by atoms with Crippen LogP contribution in [0.5, 0.6) is 0 Å². The first-order valence-electron chi connectivity index (χ1n) is 9.03. The lowest BCUT2D eigenvalue weighted by Crippen LogP contribution is -2.53. The minimum atomic E-state index is 0.0626. The second kappa shape index (κ2) is 9.78. The van der Waals surface area contributed by atoms with E-state index in [0.29, 0.717) is 6.04 Å². The first-order valence-corrected chi connectivity index (χ1v) is 9.03. The molecule has 0 radical (unpaired) electrons. The molecular formula is C18H37NO. The van der Waals surface area contributed by atoms with Gasteiger partial charge in [-0.15, -0.1) is 0 Å². The molecule has 0 aromatic heterocycles. The van der Waals surface area contributed by atoms with Crippen molar-refractivity contribution in [3.05, 3.63) is 0 Å². The molecule has 0 bridgehead atoms. The molecule has 3 unspecified atom stereocenters. The largest absolute Gasteiger partial charge is 0.374 e. The molecule has 0 amide bonds. The van der Waals surface area contributed by atoms with Crippen molar-refractivity contribution in [2.24, 2.45) is 5.92 Å². The van der Waals surface area contributed by atoms with E-state index in [1.54, 1.807) is 0 Å². The fourth-order valence-corrected chi connectivity index (χ4v) is 3.41. The predicted octanol–water partition coefficient (Wildman–Crippen LogP) is 4.92. The van der Waals surface area contributed by atoms with Crippen molar-refractivity contribution in [2.45, 2.75) is 97.1 Å². The van der Waals surface area contributed by atoms with E-state index in [-0.39, 0.29) is 5.60 Å². The standard InChI is InChI=1S/C18H37NO/c1-5-8-11-16(7-3)15-17(19-13-6-2)18(4)12-9-10-14-20-18/h16-17,19H,5-15H2,1-4H3. The van der Waals surface area contributed by atoms with Crippen LogP contribution in [-0.2, 0) is 4.74 Å². The zero-order valence-corrected chi connectivity index (χ0v) is 14.3. The zero-order valence-electron chi connectivity index (χ0n) is 14.3. The maximum Gasteiger partial charge on any atom is 0.0806 e. The van der Waals surface area contributed by atoms with Crippen molar-refractivity contribution in [3.8, 4) is 0 Å². The minimum absolute atomic E-state index is 0.0626. The molecule has 0 spiro atoms. The molecule has 1 heterocycles. The Bertz CT molecular complexity index is 236. The van der Waals surface area contributed by atoms with Crippen molar-refractivity contribution in [3.63, 3.8) is 0 Å². The molecule has 0 aliphatic carbocycles. The van der Waals surface area contributed by atoms with Gasteiger partial charge in [-0.05, 0) is 51.5 Å². The summed E-state index contributed by atoms with van der Waals surface area (Å²) in [5, 5.41) is 3.80. The van der Waals surface area contributed by atoms with Crippen molar-refractivity contribution in [1.29, 1.82) is 0 Å². The van der Waals surface area contributed by atoms with Crippen LogP contribution < -0.4 is 5.32 Å². The Hall–Kier alpha value is -0.0800. The van der Waals surface area contributed by atoms with Gasteiger partial charge in [-0.2, -0.15) is 0 Å². The fourth-order valence-electron chi connectivity index (χ4n) is 3.41. The van der Waals surface area contributed by atoms with E-state index in [1.807, 2.05) is 0 Å². The molecule has 120 valence electrons. The van der Waals surface area contributed by atoms with Crippen molar-refractivity contribution in [1.82, 2.24) is 5.32 Å². The van der Waals surface area contributed by atoms with Gasteiger partial charge in [-0.3, -0.25) is 0 Å². The van der Waals surface area contributed by atoms with E-state index >= 15 is 0 Å². The van der Waals surface area contributed by atoms with Gasteiger partial charge < -0.3 is 10.1 Å². The van der Waals surface area contributed by atoms with Crippen LogP contribution in [0.25, 0.3) is 0 Å². The van der Waals surface area contributed by atoms with E-state index in [4.69, 9.17) is 4.74 Å². The highest BCUT2D eigenvalue weighted by atomic mass is 16.5. The molecule has 2 heteroatoms. The predicted molar refractivity (Wildman–Crippen MR) is 88.2 cm³/mol. The Morgan fingerprint density at radius 3 is 2.50 bits per heavy atom. The Morgan fingerprint density at radius 1 is 1.15 bits per heavy atom. The number of unbranched alkanes of at least 4 members (excludes halogenated alkanes) is 1. The third-order valence-electron chi connectivity index (χ3n) is 4.99. The second-order valence-corrected chi connectivity index (χ2v) is 6.78. The molecule has 1 aliphatic heterocycles. The van der Waals surface area contributed by atoms with Crippen LogP contribution in [0.4, 0.5) is 0 Å². The van der Waals surface area contributed by atoms with Gasteiger partial charge in [0.2, 0.25) is 0 Å². The number of ether oxygens (including phenoxy) is 1. The molecule has 0 saturated carbocycles. The van der Waals surface area contributed by atoms with Crippen LogP contribution in [0, 0.1) is 5.92 Å². The topological polar surface area (TPSA) is 21.3 Å². The number of nitrogens with one attached hydrogen (secondary N) is 1. The van der Waals surface area contributed by atoms with E-state index < -0.39 is 0 Å². The fraction of sp³-hybridized carbons (Fsp3) is 1.00. The highest BCUT2D eigenvalue weighted by Gasteiger charge is 2.37. The molecule has 1 fully saturated rings. The summed E-state index contributed by atoms with van der Waals surface area (Å²) in [4.78, 5) is 0. The summed E-state index contributed by atoms with van der Waals surface area (Å²) in [6.45, 7) is 11.3. The molecule has 3 atom stereocenters. The average Bonchev–Trinajstić information content (AvgIpc) is 2.47. The van der Waals surface area contributed by atoms with Crippen molar-refractivity contribution < 1.29 is 4.74 Å². The molecule has 1 N–H and O–H groups in total. The van der Waals surface area contributed by atoms with Crippen LogP contribution in [0.15, 0.2) is 0 Å². The monoisotopic (exact) mass is 283 g/mol. The maximum absolute atomic E-state index is 6.21. The van der Waals surface area contributed by atoms with Gasteiger partial charge in [0.05, 0.1) is 5.60 Å². The summed E-state index contributed by atoms with van der Waals surface area (Å²) < 4.78 is 6.21. The molecule has 1 aliphatic rings. The van der Waals surface area contributed by atoms with E-state index in [2.05, 4.69) is 33.0 Å². The van der Waals surface area contributed by atoms with Gasteiger partial charge in [0, 0.05) is 12.6 Å². The highest BCUT2D eigenvalue weighted by molar-refractivity contribution is 4.92. The Kier molecular flexibility index (Phi) is 8.79. The van der Waals surface area contributed by atoms with Crippen LogP contribution in [0.3, 0.4) is 0 Å². The van der Waals surface area contributed by atoms with Gasteiger partial charge in [-0.25, -0.2) is 0 Å². The first-order chi connectivity index (χ1) is 9.66. The highest BCUT2D eigenvalue weighted by Crippen LogP contribution is 2.32. The summed E-state index contributed by atoms with van der Waals surface area (Å²) >= 11 is 0.